The molecule has 0 radical (unpaired) electrons. The van der Waals surface area contributed by atoms with Crippen molar-refractivity contribution in [1.29, 1.82) is 0 Å². The summed E-state index contributed by atoms with van der Waals surface area (Å²) in [6.45, 7) is 2.14. The lowest BCUT2D eigenvalue weighted by molar-refractivity contribution is 0.0529. The molecule has 0 aliphatic heterocycles. The quantitative estimate of drug-likeness (QED) is 0.790. The summed E-state index contributed by atoms with van der Waals surface area (Å²) in [6, 6.07) is 5.32. The summed E-state index contributed by atoms with van der Waals surface area (Å²) in [4.78, 5) is 15.7. The molecule has 1 aromatic heterocycles. The number of hydrogen-bond donors (Lipinski definition) is 1. The SMILES string of the molecule is CCOC(=O)c1cccc2nc(N)sc12. The average molecular weight is 222 g/mol. The smallest absolute Gasteiger partial charge is 0.339 e. The Balaban J connectivity index is 2.55. The van der Waals surface area contributed by atoms with E-state index in [2.05, 4.69) is 4.98 Å². The van der Waals surface area contributed by atoms with E-state index < -0.39 is 0 Å². The Bertz CT molecular complexity index is 507. The number of aromatic nitrogens is 1. The molecule has 15 heavy (non-hydrogen) atoms. The van der Waals surface area contributed by atoms with E-state index in [4.69, 9.17) is 10.5 Å². The van der Waals surface area contributed by atoms with Crippen LogP contribution in [0.4, 0.5) is 5.13 Å². The number of esters is 1. The van der Waals surface area contributed by atoms with Gasteiger partial charge in [0, 0.05) is 0 Å². The number of carbonyl (C=O) groups is 1. The van der Waals surface area contributed by atoms with Crippen LogP contribution in [0.5, 0.6) is 0 Å². The molecule has 0 aliphatic rings. The Morgan fingerprint density at radius 3 is 3.13 bits per heavy atom. The molecule has 0 aliphatic carbocycles. The number of nitrogens with two attached hydrogens (primary N) is 1. The van der Waals surface area contributed by atoms with Crippen molar-refractivity contribution in [2.75, 3.05) is 12.3 Å². The highest BCUT2D eigenvalue weighted by atomic mass is 32.1. The minimum atomic E-state index is -0.327. The molecule has 2 rings (SSSR count). The standard InChI is InChI=1S/C10H10N2O2S/c1-2-14-9(13)6-4-3-5-7-8(6)15-10(11)12-7/h3-5H,2H2,1H3,(H2,11,12). The van der Waals surface area contributed by atoms with Crippen LogP contribution >= 0.6 is 11.3 Å². The van der Waals surface area contributed by atoms with Gasteiger partial charge in [0.05, 0.1) is 22.4 Å². The van der Waals surface area contributed by atoms with Crippen molar-refractivity contribution in [3.63, 3.8) is 0 Å². The summed E-state index contributed by atoms with van der Waals surface area (Å²) >= 11 is 1.30. The molecule has 2 aromatic rings. The van der Waals surface area contributed by atoms with Gasteiger partial charge in [0.1, 0.15) is 0 Å². The molecular weight excluding hydrogens is 212 g/mol. The molecule has 1 aromatic carbocycles. The molecule has 5 heteroatoms. The fourth-order valence-corrected chi connectivity index (χ4v) is 2.17. The van der Waals surface area contributed by atoms with Crippen LogP contribution in [0.15, 0.2) is 18.2 Å². The second-order valence-corrected chi connectivity index (χ2v) is 3.96. The van der Waals surface area contributed by atoms with Crippen LogP contribution in [-0.4, -0.2) is 17.6 Å². The van der Waals surface area contributed by atoms with Gasteiger partial charge in [0.15, 0.2) is 5.13 Å². The Hall–Kier alpha value is -1.62. The normalized spacial score (nSPS) is 10.5. The first-order valence-corrected chi connectivity index (χ1v) is 5.36. The highest BCUT2D eigenvalue weighted by molar-refractivity contribution is 7.22. The summed E-state index contributed by atoms with van der Waals surface area (Å²) in [6.07, 6.45) is 0. The number of rotatable bonds is 2. The minimum Gasteiger partial charge on any atom is -0.462 e. The number of thiazole rings is 1. The number of fused-ring (bicyclic) bond motifs is 1. The summed E-state index contributed by atoms with van der Waals surface area (Å²) in [5.41, 5.74) is 6.86. The molecular formula is C10H10N2O2S. The van der Waals surface area contributed by atoms with Gasteiger partial charge in [-0.25, -0.2) is 9.78 Å². The Morgan fingerprint density at radius 2 is 2.40 bits per heavy atom. The fraction of sp³-hybridized carbons (Fsp3) is 0.200. The maximum atomic E-state index is 11.6. The molecule has 0 fully saturated rings. The molecule has 0 unspecified atom stereocenters. The Morgan fingerprint density at radius 1 is 1.60 bits per heavy atom. The van der Waals surface area contributed by atoms with Crippen LogP contribution in [0, 0.1) is 0 Å². The van der Waals surface area contributed by atoms with E-state index in [1.807, 2.05) is 6.07 Å². The lowest BCUT2D eigenvalue weighted by Crippen LogP contribution is -2.04. The predicted molar refractivity (Wildman–Crippen MR) is 60.0 cm³/mol. The molecule has 78 valence electrons. The van der Waals surface area contributed by atoms with Crippen molar-refractivity contribution in [3.8, 4) is 0 Å². The first-order valence-electron chi connectivity index (χ1n) is 4.54. The van der Waals surface area contributed by atoms with Crippen LogP contribution in [-0.2, 0) is 4.74 Å². The molecule has 0 bridgehead atoms. The molecule has 2 N–H and O–H groups in total. The van der Waals surface area contributed by atoms with Gasteiger partial charge in [-0.2, -0.15) is 0 Å². The summed E-state index contributed by atoms with van der Waals surface area (Å²) in [7, 11) is 0. The first kappa shape index (κ1) is 9.92. The zero-order valence-electron chi connectivity index (χ0n) is 8.19. The summed E-state index contributed by atoms with van der Waals surface area (Å²) in [5, 5.41) is 0.460. The van der Waals surface area contributed by atoms with Crippen LogP contribution in [0.3, 0.4) is 0 Å². The number of ether oxygens (including phenoxy) is 1. The second-order valence-electron chi connectivity index (χ2n) is 2.93. The van der Waals surface area contributed by atoms with Crippen molar-refractivity contribution in [3.05, 3.63) is 23.8 Å². The maximum absolute atomic E-state index is 11.6. The van der Waals surface area contributed by atoms with Crippen molar-refractivity contribution >= 4 is 32.7 Å². The fourth-order valence-electron chi connectivity index (χ4n) is 1.34. The van der Waals surface area contributed by atoms with Crippen LogP contribution in [0.1, 0.15) is 17.3 Å². The molecule has 0 spiro atoms. The zero-order valence-corrected chi connectivity index (χ0v) is 9.00. The number of carbonyl (C=O) groups excluding carboxylic acids is 1. The zero-order chi connectivity index (χ0) is 10.8. The third kappa shape index (κ3) is 1.78. The van der Waals surface area contributed by atoms with Crippen LogP contribution in [0.25, 0.3) is 10.2 Å². The Labute approximate surface area is 90.7 Å². The number of nitrogens with zero attached hydrogens (tertiary/aromatic N) is 1. The molecule has 0 amide bonds. The van der Waals surface area contributed by atoms with Crippen LogP contribution < -0.4 is 5.73 Å². The predicted octanol–water partition coefficient (Wildman–Crippen LogP) is 2.06. The highest BCUT2D eigenvalue weighted by Gasteiger charge is 2.13. The lowest BCUT2D eigenvalue weighted by Gasteiger charge is -2.01. The minimum absolute atomic E-state index is 0.327. The molecule has 0 saturated heterocycles. The van der Waals surface area contributed by atoms with Gasteiger partial charge in [0.25, 0.3) is 0 Å². The van der Waals surface area contributed by atoms with E-state index in [1.165, 1.54) is 11.3 Å². The number of nitrogen functional groups attached to an aromatic ring is 1. The largest absolute Gasteiger partial charge is 0.462 e. The van der Waals surface area contributed by atoms with Crippen molar-refractivity contribution in [2.45, 2.75) is 6.92 Å². The number of anilines is 1. The van der Waals surface area contributed by atoms with Gasteiger partial charge in [-0.05, 0) is 19.1 Å². The van der Waals surface area contributed by atoms with Gasteiger partial charge in [-0.1, -0.05) is 17.4 Å². The topological polar surface area (TPSA) is 65.2 Å². The van der Waals surface area contributed by atoms with Crippen molar-refractivity contribution in [1.82, 2.24) is 4.98 Å². The van der Waals surface area contributed by atoms with E-state index in [9.17, 15) is 4.79 Å². The summed E-state index contributed by atoms with van der Waals surface area (Å²) < 4.78 is 5.73. The van der Waals surface area contributed by atoms with Crippen molar-refractivity contribution < 1.29 is 9.53 Å². The van der Waals surface area contributed by atoms with E-state index >= 15 is 0 Å². The van der Waals surface area contributed by atoms with Gasteiger partial charge >= 0.3 is 5.97 Å². The van der Waals surface area contributed by atoms with E-state index in [1.54, 1.807) is 19.1 Å². The lowest BCUT2D eigenvalue weighted by atomic mass is 10.2. The monoisotopic (exact) mass is 222 g/mol. The maximum Gasteiger partial charge on any atom is 0.339 e. The van der Waals surface area contributed by atoms with Gasteiger partial charge in [0.2, 0.25) is 0 Å². The Kier molecular flexibility index (Phi) is 2.55. The number of hydrogen-bond acceptors (Lipinski definition) is 5. The third-order valence-electron chi connectivity index (χ3n) is 1.93. The van der Waals surface area contributed by atoms with E-state index in [-0.39, 0.29) is 5.97 Å². The highest BCUT2D eigenvalue weighted by Crippen LogP contribution is 2.27. The van der Waals surface area contributed by atoms with E-state index in [0.717, 1.165) is 10.2 Å². The molecule has 1 heterocycles. The van der Waals surface area contributed by atoms with Gasteiger partial charge < -0.3 is 10.5 Å². The second kappa shape index (κ2) is 3.86. The molecule has 4 nitrogen and oxygen atoms in total. The van der Waals surface area contributed by atoms with Gasteiger partial charge in [-0.15, -0.1) is 0 Å². The number of benzene rings is 1. The first-order chi connectivity index (χ1) is 7.22. The average Bonchev–Trinajstić information content (AvgIpc) is 2.57. The third-order valence-corrected chi connectivity index (χ3v) is 2.86. The van der Waals surface area contributed by atoms with Gasteiger partial charge in [-0.3, -0.25) is 0 Å². The molecule has 0 saturated carbocycles. The molecule has 0 atom stereocenters. The summed E-state index contributed by atoms with van der Waals surface area (Å²) in [5.74, 6) is -0.327. The van der Waals surface area contributed by atoms with Crippen molar-refractivity contribution in [2.24, 2.45) is 0 Å². The van der Waals surface area contributed by atoms with Crippen LogP contribution in [0.2, 0.25) is 0 Å². The van der Waals surface area contributed by atoms with E-state index in [0.29, 0.717) is 17.3 Å².